The molecular weight excluding hydrogens is 457 g/mol. The van der Waals surface area contributed by atoms with Crippen molar-refractivity contribution in [3.63, 3.8) is 0 Å². The van der Waals surface area contributed by atoms with Gasteiger partial charge in [-0.15, -0.1) is 24.8 Å². The van der Waals surface area contributed by atoms with Crippen molar-refractivity contribution in [1.29, 1.82) is 0 Å². The minimum atomic E-state index is -0.913. The van der Waals surface area contributed by atoms with Crippen LogP contribution in [-0.4, -0.2) is 62.5 Å². The van der Waals surface area contributed by atoms with Crippen LogP contribution in [0.3, 0.4) is 0 Å². The van der Waals surface area contributed by atoms with Crippen molar-refractivity contribution >= 4 is 42.6 Å². The van der Waals surface area contributed by atoms with Gasteiger partial charge in [0.1, 0.15) is 6.54 Å². The van der Waals surface area contributed by atoms with Gasteiger partial charge in [0.05, 0.1) is 24.1 Å². The average Bonchev–Trinajstić information content (AvgIpc) is 3.33. The maximum absolute atomic E-state index is 12.8. The van der Waals surface area contributed by atoms with Crippen molar-refractivity contribution in [2.75, 3.05) is 13.1 Å². The molecule has 2 aliphatic rings. The van der Waals surface area contributed by atoms with E-state index < -0.39 is 17.9 Å². The molecule has 1 aromatic rings. The van der Waals surface area contributed by atoms with Crippen LogP contribution < -0.4 is 11.1 Å². The van der Waals surface area contributed by atoms with Crippen LogP contribution in [0.25, 0.3) is 0 Å². The topological polar surface area (TPSA) is 131 Å². The van der Waals surface area contributed by atoms with E-state index >= 15 is 0 Å². The highest BCUT2D eigenvalue weighted by Gasteiger charge is 2.40. The Morgan fingerprint density at radius 3 is 2.53 bits per heavy atom. The van der Waals surface area contributed by atoms with E-state index in [1.807, 2.05) is 0 Å². The van der Waals surface area contributed by atoms with Gasteiger partial charge in [-0.05, 0) is 25.2 Å². The van der Waals surface area contributed by atoms with Crippen LogP contribution in [0.15, 0.2) is 12.5 Å². The molecule has 1 unspecified atom stereocenters. The highest BCUT2D eigenvalue weighted by atomic mass is 35.5. The second-order valence-corrected chi connectivity index (χ2v) is 8.73. The van der Waals surface area contributed by atoms with Gasteiger partial charge in [-0.25, -0.2) is 4.98 Å². The van der Waals surface area contributed by atoms with Crippen LogP contribution in [0.1, 0.15) is 51.1 Å². The number of carboxylic acids is 1. The minimum Gasteiger partial charge on any atom is -0.480 e. The maximum atomic E-state index is 12.8. The summed E-state index contributed by atoms with van der Waals surface area (Å²) in [6, 6.07) is -1.07. The first kappa shape index (κ1) is 28.4. The average molecular weight is 492 g/mol. The van der Waals surface area contributed by atoms with Crippen LogP contribution in [0.5, 0.6) is 0 Å². The quantitative estimate of drug-likeness (QED) is 0.503. The highest BCUT2D eigenvalue weighted by Crippen LogP contribution is 2.37. The van der Waals surface area contributed by atoms with Crippen molar-refractivity contribution < 1.29 is 19.5 Å². The predicted molar refractivity (Wildman–Crippen MR) is 125 cm³/mol. The first-order valence-corrected chi connectivity index (χ1v) is 10.9. The third-order valence-electron chi connectivity index (χ3n) is 6.37. The van der Waals surface area contributed by atoms with Gasteiger partial charge in [0, 0.05) is 25.7 Å². The highest BCUT2D eigenvalue weighted by molar-refractivity contribution is 5.99. The summed E-state index contributed by atoms with van der Waals surface area (Å²) in [6.45, 7) is 2.92. The van der Waals surface area contributed by atoms with E-state index in [1.54, 1.807) is 13.1 Å². The molecule has 1 aliphatic carbocycles. The number of carbonyl (C=O) groups is 3. The van der Waals surface area contributed by atoms with Crippen molar-refractivity contribution in [3.8, 4) is 0 Å². The molecule has 0 bridgehead atoms. The molecule has 9 nitrogen and oxygen atoms in total. The number of carboxylic acid groups (broad SMARTS) is 1. The number of amides is 2. The number of aromatic nitrogens is 2. The molecule has 3 atom stereocenters. The monoisotopic (exact) mass is 491 g/mol. The predicted octanol–water partition coefficient (Wildman–Crippen LogP) is 1.61. The Kier molecular flexibility index (Phi) is 11.6. The summed E-state index contributed by atoms with van der Waals surface area (Å²) in [5, 5.41) is 11.4. The van der Waals surface area contributed by atoms with Gasteiger partial charge >= 0.3 is 5.97 Å². The van der Waals surface area contributed by atoms with E-state index in [-0.39, 0.29) is 43.3 Å². The lowest BCUT2D eigenvalue weighted by Crippen LogP contribution is -2.49. The van der Waals surface area contributed by atoms with E-state index in [0.29, 0.717) is 24.8 Å². The van der Waals surface area contributed by atoms with E-state index in [9.17, 15) is 14.4 Å². The Labute approximate surface area is 201 Å². The van der Waals surface area contributed by atoms with Crippen molar-refractivity contribution in [3.05, 3.63) is 18.2 Å². The van der Waals surface area contributed by atoms with E-state index in [4.69, 9.17) is 10.8 Å². The molecule has 1 aromatic heterocycles. The van der Waals surface area contributed by atoms with Crippen molar-refractivity contribution in [2.45, 2.75) is 70.5 Å². The molecule has 4 N–H and O–H groups in total. The number of imidazole rings is 1. The SMILES string of the molecule is C[C@H](N)C(=O)NC(=O)[C@@H]1CC(C2CCCCC2)CN1CCc1cn(CC(=O)O)cn1.Cl.Cl. The van der Waals surface area contributed by atoms with Gasteiger partial charge in [-0.1, -0.05) is 32.1 Å². The molecule has 1 saturated carbocycles. The number of carbonyl (C=O) groups excluding carboxylic acids is 2. The fourth-order valence-corrected chi connectivity index (χ4v) is 4.76. The molecule has 3 rings (SSSR count). The Morgan fingerprint density at radius 2 is 1.91 bits per heavy atom. The zero-order valence-electron chi connectivity index (χ0n) is 18.4. The Morgan fingerprint density at radius 1 is 1.22 bits per heavy atom. The van der Waals surface area contributed by atoms with Gasteiger partial charge < -0.3 is 15.4 Å². The first-order chi connectivity index (χ1) is 14.3. The third kappa shape index (κ3) is 7.72. The molecule has 32 heavy (non-hydrogen) atoms. The number of nitrogens with two attached hydrogens (primary N) is 1. The van der Waals surface area contributed by atoms with E-state index in [2.05, 4.69) is 15.2 Å². The summed E-state index contributed by atoms with van der Waals surface area (Å²) >= 11 is 0. The zero-order valence-corrected chi connectivity index (χ0v) is 20.1. The van der Waals surface area contributed by atoms with Gasteiger partial charge in [0.15, 0.2) is 0 Å². The number of nitrogens with one attached hydrogen (secondary N) is 1. The van der Waals surface area contributed by atoms with Crippen molar-refractivity contribution in [1.82, 2.24) is 19.8 Å². The largest absolute Gasteiger partial charge is 0.480 e. The number of likely N-dealkylation sites (tertiary alicyclic amines) is 1. The number of imide groups is 1. The van der Waals surface area contributed by atoms with Gasteiger partial charge in [0.2, 0.25) is 11.8 Å². The molecule has 1 saturated heterocycles. The molecule has 2 amide bonds. The maximum Gasteiger partial charge on any atom is 0.323 e. The molecule has 11 heteroatoms. The minimum absolute atomic E-state index is 0. The van der Waals surface area contributed by atoms with Crippen LogP contribution in [-0.2, 0) is 27.3 Å². The number of aliphatic carboxylic acids is 1. The molecule has 2 heterocycles. The number of halogens is 2. The Balaban J connectivity index is 0.00000256. The van der Waals surface area contributed by atoms with Crippen LogP contribution in [0.4, 0.5) is 0 Å². The molecular formula is C21H35Cl2N5O4. The van der Waals surface area contributed by atoms with E-state index in [1.165, 1.54) is 43.0 Å². The second kappa shape index (κ2) is 13.1. The molecule has 0 spiro atoms. The summed E-state index contributed by atoms with van der Waals surface area (Å²) < 4.78 is 1.54. The summed E-state index contributed by atoms with van der Waals surface area (Å²) in [5.74, 6) is -0.543. The molecule has 2 fully saturated rings. The third-order valence-corrected chi connectivity index (χ3v) is 6.37. The fraction of sp³-hybridized carbons (Fsp3) is 0.714. The van der Waals surface area contributed by atoms with Gasteiger partial charge in [-0.2, -0.15) is 0 Å². The summed E-state index contributed by atoms with van der Waals surface area (Å²) in [7, 11) is 0. The first-order valence-electron chi connectivity index (χ1n) is 10.9. The van der Waals surface area contributed by atoms with Crippen molar-refractivity contribution in [2.24, 2.45) is 17.6 Å². The second-order valence-electron chi connectivity index (χ2n) is 8.73. The number of nitrogens with zero attached hydrogens (tertiary/aromatic N) is 3. The summed E-state index contributed by atoms with van der Waals surface area (Å²) in [5.41, 5.74) is 6.40. The van der Waals surface area contributed by atoms with Crippen LogP contribution in [0.2, 0.25) is 0 Å². The molecule has 0 radical (unpaired) electrons. The number of rotatable bonds is 8. The molecule has 182 valence electrons. The smallest absolute Gasteiger partial charge is 0.323 e. The summed E-state index contributed by atoms with van der Waals surface area (Å²) in [6.07, 6.45) is 10.9. The fourth-order valence-electron chi connectivity index (χ4n) is 4.76. The lowest BCUT2D eigenvalue weighted by Gasteiger charge is -2.27. The lowest BCUT2D eigenvalue weighted by molar-refractivity contribution is -0.138. The molecule has 0 aromatic carbocycles. The normalized spacial score (nSPS) is 22.4. The standard InChI is InChI=1S/C21H33N5O4.2ClH/c1-14(22)20(29)24-21(30)18-9-16(15-5-3-2-4-6-15)10-26(18)8-7-17-11-25(13-23-17)12-19(27)28;;/h11,13-16,18H,2-10,12,22H2,1H3,(H,27,28)(H,24,29,30);2*1H/t14-,16?,18-;;/m0../s1. The summed E-state index contributed by atoms with van der Waals surface area (Å²) in [4.78, 5) is 42.0. The van der Waals surface area contributed by atoms with Gasteiger partial charge in [0.25, 0.3) is 0 Å². The molecule has 1 aliphatic heterocycles. The van der Waals surface area contributed by atoms with E-state index in [0.717, 1.165) is 18.7 Å². The number of hydrogen-bond donors (Lipinski definition) is 3. The Hall–Kier alpha value is -1.68. The van der Waals surface area contributed by atoms with Crippen LogP contribution in [0, 0.1) is 11.8 Å². The zero-order chi connectivity index (χ0) is 21.7. The van der Waals surface area contributed by atoms with Gasteiger partial charge in [-0.3, -0.25) is 24.6 Å². The Bertz CT molecular complexity index is 767. The lowest BCUT2D eigenvalue weighted by atomic mass is 9.79. The van der Waals surface area contributed by atoms with Crippen LogP contribution >= 0.6 is 24.8 Å². The number of hydrogen-bond acceptors (Lipinski definition) is 6.